The van der Waals surface area contributed by atoms with E-state index in [-0.39, 0.29) is 24.1 Å². The summed E-state index contributed by atoms with van der Waals surface area (Å²) in [4.78, 5) is 71.1. The largest absolute Gasteiger partial charge is 0.378 e. The van der Waals surface area contributed by atoms with Gasteiger partial charge in [-0.3, -0.25) is 24.0 Å². The highest BCUT2D eigenvalue weighted by Crippen LogP contribution is 2.25. The monoisotopic (exact) mass is 659 g/mol. The molecule has 4 atom stereocenters. The van der Waals surface area contributed by atoms with Gasteiger partial charge < -0.3 is 30.9 Å². The molecule has 4 unspecified atom stereocenters. The Kier molecular flexibility index (Phi) is 13.0. The molecule has 5 amide bonds. The first kappa shape index (κ1) is 33.6. The number of hydrogen-bond donors (Lipinski definition) is 4. The van der Waals surface area contributed by atoms with Gasteiger partial charge in [0.2, 0.25) is 24.1 Å². The van der Waals surface area contributed by atoms with Crippen LogP contribution in [0, 0.1) is 5.92 Å². The summed E-state index contributed by atoms with van der Waals surface area (Å²) in [5, 5.41) is 11.2. The van der Waals surface area contributed by atoms with Gasteiger partial charge in [0.15, 0.2) is 0 Å². The Hall–Kier alpha value is -3.91. The third-order valence-electron chi connectivity index (χ3n) is 7.21. The number of carbonyl (C=O) groups excluding carboxylic acids is 5. The second-order valence-electron chi connectivity index (χ2n) is 10.3. The number of amides is 5. The van der Waals surface area contributed by atoms with Crippen LogP contribution in [0.25, 0.3) is 0 Å². The number of hydrogen-bond acceptors (Lipinski definition) is 8. The average Bonchev–Trinajstić information content (AvgIpc) is 3.48. The van der Waals surface area contributed by atoms with Crippen molar-refractivity contribution in [1.29, 1.82) is 0 Å². The van der Waals surface area contributed by atoms with Crippen LogP contribution in [-0.2, 0) is 35.7 Å². The number of anilines is 1. The molecular formula is C29H38BrN7O6. The Morgan fingerprint density at radius 1 is 1.14 bits per heavy atom. The molecule has 1 aromatic carbocycles. The van der Waals surface area contributed by atoms with E-state index in [1.165, 1.54) is 19.3 Å². The Morgan fingerprint density at radius 3 is 2.56 bits per heavy atom. The van der Waals surface area contributed by atoms with Crippen molar-refractivity contribution in [3.63, 3.8) is 0 Å². The maximum absolute atomic E-state index is 12.8. The molecule has 4 N–H and O–H groups in total. The minimum absolute atomic E-state index is 0.118. The number of rotatable bonds is 15. The van der Waals surface area contributed by atoms with Gasteiger partial charge in [-0.05, 0) is 43.9 Å². The number of benzene rings is 1. The Bertz CT molecular complexity index is 1280. The Labute approximate surface area is 259 Å². The molecule has 3 rings (SSSR count). The molecule has 2 heterocycles. The summed E-state index contributed by atoms with van der Waals surface area (Å²) < 4.78 is 5.60. The van der Waals surface area contributed by atoms with Gasteiger partial charge in [-0.2, -0.15) is 0 Å². The van der Waals surface area contributed by atoms with Crippen LogP contribution in [0.4, 0.5) is 5.69 Å². The normalized spacial score (nSPS) is 16.5. The Balaban J connectivity index is 1.41. The van der Waals surface area contributed by atoms with E-state index in [2.05, 4.69) is 47.2 Å². The van der Waals surface area contributed by atoms with Gasteiger partial charge in [0.1, 0.15) is 11.9 Å². The van der Waals surface area contributed by atoms with Crippen LogP contribution in [0.15, 0.2) is 36.7 Å². The van der Waals surface area contributed by atoms with E-state index >= 15 is 0 Å². The molecule has 0 radical (unpaired) electrons. The summed E-state index contributed by atoms with van der Waals surface area (Å²) in [6, 6.07) is 6.17. The molecule has 0 saturated carbocycles. The number of methoxy groups -OCH3 is 1. The molecule has 232 valence electrons. The van der Waals surface area contributed by atoms with Crippen molar-refractivity contribution >= 4 is 51.7 Å². The van der Waals surface area contributed by atoms with E-state index in [1.807, 2.05) is 6.07 Å². The van der Waals surface area contributed by atoms with Crippen molar-refractivity contribution in [3.05, 3.63) is 53.6 Å². The quantitative estimate of drug-likeness (QED) is 0.163. The zero-order valence-corrected chi connectivity index (χ0v) is 26.1. The van der Waals surface area contributed by atoms with Crippen LogP contribution < -0.4 is 21.3 Å². The first-order chi connectivity index (χ1) is 20.7. The van der Waals surface area contributed by atoms with Crippen molar-refractivity contribution < 1.29 is 28.7 Å². The minimum atomic E-state index is -0.890. The van der Waals surface area contributed by atoms with Crippen molar-refractivity contribution in [2.75, 3.05) is 32.1 Å². The third-order valence-corrected chi connectivity index (χ3v) is 7.71. The number of halogens is 1. The SMILES string of the molecule is COC(C(C)C(=O)NCCc1cccc(NC(=O)CNC(=O)C(C)NC(=O)c2cnc(CBr)nc2)c1)C1CCCN1C=O. The van der Waals surface area contributed by atoms with Gasteiger partial charge in [-0.25, -0.2) is 9.97 Å². The lowest BCUT2D eigenvalue weighted by atomic mass is 9.95. The van der Waals surface area contributed by atoms with E-state index in [4.69, 9.17) is 4.74 Å². The van der Waals surface area contributed by atoms with Crippen LogP contribution in [0.1, 0.15) is 48.4 Å². The van der Waals surface area contributed by atoms with Crippen molar-refractivity contribution in [3.8, 4) is 0 Å². The minimum Gasteiger partial charge on any atom is -0.378 e. The number of ether oxygens (including phenoxy) is 1. The number of aromatic nitrogens is 2. The van der Waals surface area contributed by atoms with Gasteiger partial charge in [0.05, 0.1) is 35.5 Å². The lowest BCUT2D eigenvalue weighted by Crippen LogP contribution is -2.47. The maximum Gasteiger partial charge on any atom is 0.255 e. The molecule has 1 saturated heterocycles. The molecule has 14 heteroatoms. The van der Waals surface area contributed by atoms with Gasteiger partial charge in [0, 0.05) is 38.3 Å². The summed E-state index contributed by atoms with van der Waals surface area (Å²) in [5.74, 6) is -1.54. The lowest BCUT2D eigenvalue weighted by molar-refractivity contribution is -0.133. The van der Waals surface area contributed by atoms with Crippen molar-refractivity contribution in [1.82, 2.24) is 30.8 Å². The first-order valence-electron chi connectivity index (χ1n) is 14.0. The topological polar surface area (TPSA) is 172 Å². The van der Waals surface area contributed by atoms with Crippen molar-refractivity contribution in [2.45, 2.75) is 56.6 Å². The summed E-state index contributed by atoms with van der Waals surface area (Å²) in [7, 11) is 1.56. The van der Waals surface area contributed by atoms with E-state index in [0.717, 1.165) is 24.8 Å². The summed E-state index contributed by atoms with van der Waals surface area (Å²) in [6.07, 6.45) is 5.39. The smallest absolute Gasteiger partial charge is 0.255 e. The molecule has 1 aliphatic rings. The maximum atomic E-state index is 12.8. The van der Waals surface area contributed by atoms with Crippen LogP contribution in [0.3, 0.4) is 0 Å². The molecule has 0 spiro atoms. The molecule has 0 bridgehead atoms. The zero-order chi connectivity index (χ0) is 31.4. The highest BCUT2D eigenvalue weighted by Gasteiger charge is 2.37. The molecule has 2 aromatic rings. The number of alkyl halides is 1. The molecule has 1 aromatic heterocycles. The second-order valence-corrected chi connectivity index (χ2v) is 10.8. The lowest BCUT2D eigenvalue weighted by Gasteiger charge is -2.31. The number of nitrogens with one attached hydrogen (secondary N) is 4. The fourth-order valence-corrected chi connectivity index (χ4v) is 5.14. The zero-order valence-electron chi connectivity index (χ0n) is 24.5. The molecule has 43 heavy (non-hydrogen) atoms. The summed E-state index contributed by atoms with van der Waals surface area (Å²) >= 11 is 3.23. The van der Waals surface area contributed by atoms with Gasteiger partial charge >= 0.3 is 0 Å². The van der Waals surface area contributed by atoms with E-state index in [1.54, 1.807) is 37.1 Å². The number of nitrogens with zero attached hydrogens (tertiary/aromatic N) is 3. The molecule has 13 nitrogen and oxygen atoms in total. The Morgan fingerprint density at radius 2 is 1.88 bits per heavy atom. The first-order valence-corrected chi connectivity index (χ1v) is 15.1. The predicted octanol–water partition coefficient (Wildman–Crippen LogP) is 1.18. The fourth-order valence-electron chi connectivity index (χ4n) is 4.85. The van der Waals surface area contributed by atoms with E-state index in [0.29, 0.717) is 36.4 Å². The summed E-state index contributed by atoms with van der Waals surface area (Å²) in [5.41, 5.74) is 1.65. The van der Waals surface area contributed by atoms with Gasteiger partial charge in [-0.15, -0.1) is 0 Å². The molecule has 0 aliphatic carbocycles. The van der Waals surface area contributed by atoms with Crippen LogP contribution in [0.2, 0.25) is 0 Å². The van der Waals surface area contributed by atoms with Crippen molar-refractivity contribution in [2.24, 2.45) is 5.92 Å². The average molecular weight is 661 g/mol. The van der Waals surface area contributed by atoms with Crippen LogP contribution in [-0.4, -0.2) is 89.8 Å². The fraction of sp³-hybridized carbons (Fsp3) is 0.483. The van der Waals surface area contributed by atoms with Gasteiger partial charge in [0.25, 0.3) is 5.91 Å². The third kappa shape index (κ3) is 9.82. The number of carbonyl (C=O) groups is 5. The molecule has 1 fully saturated rings. The molecule has 1 aliphatic heterocycles. The predicted molar refractivity (Wildman–Crippen MR) is 162 cm³/mol. The highest BCUT2D eigenvalue weighted by molar-refractivity contribution is 9.08. The van der Waals surface area contributed by atoms with E-state index < -0.39 is 35.8 Å². The number of likely N-dealkylation sites (tertiary alicyclic amines) is 1. The van der Waals surface area contributed by atoms with E-state index in [9.17, 15) is 24.0 Å². The molecular weight excluding hydrogens is 622 g/mol. The van der Waals surface area contributed by atoms with Crippen LogP contribution in [0.5, 0.6) is 0 Å². The second kappa shape index (κ2) is 16.7. The van der Waals surface area contributed by atoms with Gasteiger partial charge in [-0.1, -0.05) is 35.0 Å². The standard InChI is InChI=1S/C29H38BrN7O6/c1-18(26(43-3)23-8-5-11-37(23)17-38)27(40)31-10-9-20-6-4-7-22(12-20)36-25(39)16-34-28(41)19(2)35-29(42)21-14-32-24(13-30)33-15-21/h4,6-7,12,14-15,17-19,23,26H,5,8-11,13,16H2,1-3H3,(H,31,40)(H,34,41)(H,35,42)(H,36,39). The summed E-state index contributed by atoms with van der Waals surface area (Å²) in [6.45, 7) is 4.07. The van der Waals surface area contributed by atoms with Crippen LogP contribution >= 0.6 is 15.9 Å². The highest BCUT2D eigenvalue weighted by atomic mass is 79.9.